The van der Waals surface area contributed by atoms with Gasteiger partial charge in [-0.1, -0.05) is 15.9 Å². The number of hydrogen-bond donors (Lipinski definition) is 0. The van der Waals surface area contributed by atoms with Gasteiger partial charge in [-0.15, -0.1) is 11.3 Å². The Labute approximate surface area is 92.7 Å². The quantitative estimate of drug-likeness (QED) is 0.694. The Kier molecular flexibility index (Phi) is 2.58. The number of aryl methyl sites for hydroxylation is 1. The molecular weight excluding hydrogens is 270 g/mol. The predicted octanol–water partition coefficient (Wildman–Crippen LogP) is 4.91. The molecule has 1 aromatic carbocycles. The summed E-state index contributed by atoms with van der Waals surface area (Å²) in [5.74, 6) is 0. The van der Waals surface area contributed by atoms with E-state index in [0.29, 0.717) is 0 Å². The third-order valence-corrected chi connectivity index (χ3v) is 3.99. The number of thiophene rings is 1. The zero-order chi connectivity index (χ0) is 10.3. The number of alkyl halides is 2. The zero-order valence-corrected chi connectivity index (χ0v) is 9.75. The molecule has 0 nitrogen and oxygen atoms in total. The van der Waals surface area contributed by atoms with E-state index in [9.17, 15) is 8.78 Å². The second-order valence-corrected chi connectivity index (χ2v) is 5.06. The summed E-state index contributed by atoms with van der Waals surface area (Å²) >= 11 is 4.54. The molecule has 0 saturated heterocycles. The monoisotopic (exact) mass is 276 g/mol. The normalized spacial score (nSPS) is 11.5. The molecule has 0 amide bonds. The molecular formula is C10H7BrF2S. The Morgan fingerprint density at radius 1 is 1.29 bits per heavy atom. The van der Waals surface area contributed by atoms with E-state index in [4.69, 9.17) is 0 Å². The summed E-state index contributed by atoms with van der Waals surface area (Å²) in [6.07, 6.45) is -2.37. The fourth-order valence-electron chi connectivity index (χ4n) is 1.29. The van der Waals surface area contributed by atoms with E-state index in [1.807, 2.05) is 19.1 Å². The van der Waals surface area contributed by atoms with Crippen molar-refractivity contribution in [1.29, 1.82) is 0 Å². The first-order valence-corrected chi connectivity index (χ1v) is 5.66. The number of hydrogen-bond acceptors (Lipinski definition) is 1. The lowest BCUT2D eigenvalue weighted by Crippen LogP contribution is -1.73. The number of halogens is 3. The van der Waals surface area contributed by atoms with Gasteiger partial charge in [0, 0.05) is 9.17 Å². The lowest BCUT2D eigenvalue weighted by atomic mass is 10.2. The van der Waals surface area contributed by atoms with E-state index in [1.165, 1.54) is 0 Å². The van der Waals surface area contributed by atoms with Crippen molar-refractivity contribution in [2.24, 2.45) is 0 Å². The van der Waals surface area contributed by atoms with Crippen LogP contribution in [-0.2, 0) is 0 Å². The Morgan fingerprint density at radius 3 is 2.64 bits per heavy atom. The highest BCUT2D eigenvalue weighted by Crippen LogP contribution is 2.34. The van der Waals surface area contributed by atoms with Crippen LogP contribution in [0.2, 0.25) is 0 Å². The number of benzene rings is 1. The van der Waals surface area contributed by atoms with Crippen LogP contribution in [0.4, 0.5) is 8.78 Å². The van der Waals surface area contributed by atoms with Crippen molar-refractivity contribution in [3.05, 3.63) is 33.1 Å². The topological polar surface area (TPSA) is 0 Å². The molecule has 14 heavy (non-hydrogen) atoms. The standard InChI is InChI=1S/C10H7BrF2S/c1-5-2-8-6(3-7(5)11)4-9(14-8)10(12)13/h2-4,10H,1H3. The molecule has 0 aliphatic carbocycles. The molecule has 1 heterocycles. The summed E-state index contributed by atoms with van der Waals surface area (Å²) in [6, 6.07) is 5.36. The molecule has 74 valence electrons. The van der Waals surface area contributed by atoms with Gasteiger partial charge in [0.25, 0.3) is 6.43 Å². The summed E-state index contributed by atoms with van der Waals surface area (Å²) in [7, 11) is 0. The molecule has 0 bridgehead atoms. The molecule has 0 aliphatic rings. The molecule has 0 N–H and O–H groups in total. The first-order valence-electron chi connectivity index (χ1n) is 4.05. The maximum absolute atomic E-state index is 12.4. The highest BCUT2D eigenvalue weighted by Gasteiger charge is 2.11. The molecule has 2 rings (SSSR count). The summed E-state index contributed by atoms with van der Waals surface area (Å²) in [5.41, 5.74) is 1.07. The van der Waals surface area contributed by atoms with Gasteiger partial charge in [-0.05, 0) is 36.1 Å². The van der Waals surface area contributed by atoms with Gasteiger partial charge in [-0.25, -0.2) is 8.78 Å². The molecule has 2 aromatic rings. The van der Waals surface area contributed by atoms with Gasteiger partial charge in [-0.2, -0.15) is 0 Å². The van der Waals surface area contributed by atoms with Crippen molar-refractivity contribution >= 4 is 37.4 Å². The first-order chi connectivity index (χ1) is 6.58. The first kappa shape index (κ1) is 10.1. The maximum atomic E-state index is 12.4. The van der Waals surface area contributed by atoms with Gasteiger partial charge >= 0.3 is 0 Å². The summed E-state index contributed by atoms with van der Waals surface area (Å²) in [5, 5.41) is 0.878. The summed E-state index contributed by atoms with van der Waals surface area (Å²) in [6.45, 7) is 1.95. The van der Waals surface area contributed by atoms with Crippen LogP contribution in [0.15, 0.2) is 22.7 Å². The summed E-state index contributed by atoms with van der Waals surface area (Å²) in [4.78, 5) is 0.137. The van der Waals surface area contributed by atoms with Crippen molar-refractivity contribution in [2.75, 3.05) is 0 Å². The van der Waals surface area contributed by atoms with Crippen molar-refractivity contribution < 1.29 is 8.78 Å². The minimum atomic E-state index is -2.37. The molecule has 0 atom stereocenters. The van der Waals surface area contributed by atoms with Gasteiger partial charge in [0.2, 0.25) is 0 Å². The van der Waals surface area contributed by atoms with Crippen LogP contribution in [0.1, 0.15) is 16.9 Å². The molecule has 0 fully saturated rings. The lowest BCUT2D eigenvalue weighted by molar-refractivity contribution is 0.156. The van der Waals surface area contributed by atoms with Crippen molar-refractivity contribution in [3.63, 3.8) is 0 Å². The van der Waals surface area contributed by atoms with E-state index >= 15 is 0 Å². The second kappa shape index (κ2) is 3.59. The van der Waals surface area contributed by atoms with E-state index in [2.05, 4.69) is 15.9 Å². The van der Waals surface area contributed by atoms with Crippen molar-refractivity contribution in [3.8, 4) is 0 Å². The largest absolute Gasteiger partial charge is 0.272 e. The van der Waals surface area contributed by atoms with Crippen LogP contribution < -0.4 is 0 Å². The number of rotatable bonds is 1. The van der Waals surface area contributed by atoms with Gasteiger partial charge in [0.1, 0.15) is 0 Å². The molecule has 0 unspecified atom stereocenters. The maximum Gasteiger partial charge on any atom is 0.272 e. The molecule has 1 aromatic heterocycles. The van der Waals surface area contributed by atoms with E-state index in [-0.39, 0.29) is 4.88 Å². The van der Waals surface area contributed by atoms with Gasteiger partial charge in [0.05, 0.1) is 4.88 Å². The van der Waals surface area contributed by atoms with Crippen LogP contribution in [0, 0.1) is 6.92 Å². The molecule has 0 spiro atoms. The fourth-order valence-corrected chi connectivity index (χ4v) is 2.65. The van der Waals surface area contributed by atoms with Crippen molar-refractivity contribution in [2.45, 2.75) is 13.3 Å². The highest BCUT2D eigenvalue weighted by atomic mass is 79.9. The second-order valence-electron chi connectivity index (χ2n) is 3.09. The smallest absolute Gasteiger partial charge is 0.204 e. The number of fused-ring (bicyclic) bond motifs is 1. The fraction of sp³-hybridized carbons (Fsp3) is 0.200. The van der Waals surface area contributed by atoms with Crippen LogP contribution >= 0.6 is 27.3 Å². The van der Waals surface area contributed by atoms with Gasteiger partial charge < -0.3 is 0 Å². The molecule has 4 heteroatoms. The Balaban J connectivity index is 2.66. The van der Waals surface area contributed by atoms with Gasteiger partial charge in [0.15, 0.2) is 0 Å². The minimum absolute atomic E-state index is 0.137. The Morgan fingerprint density at radius 2 is 2.00 bits per heavy atom. The van der Waals surface area contributed by atoms with E-state index in [1.54, 1.807) is 6.07 Å². The third-order valence-electron chi connectivity index (χ3n) is 2.03. The zero-order valence-electron chi connectivity index (χ0n) is 7.35. The van der Waals surface area contributed by atoms with Crippen LogP contribution in [0.3, 0.4) is 0 Å². The van der Waals surface area contributed by atoms with E-state index < -0.39 is 6.43 Å². The average Bonchev–Trinajstić information content (AvgIpc) is 2.48. The molecule has 0 aliphatic heterocycles. The average molecular weight is 277 g/mol. The lowest BCUT2D eigenvalue weighted by Gasteiger charge is -1.96. The van der Waals surface area contributed by atoms with E-state index in [0.717, 1.165) is 31.5 Å². The Bertz CT molecular complexity index is 437. The summed E-state index contributed by atoms with van der Waals surface area (Å²) < 4.78 is 26.7. The molecule has 0 saturated carbocycles. The van der Waals surface area contributed by atoms with Crippen LogP contribution in [-0.4, -0.2) is 0 Å². The predicted molar refractivity (Wildman–Crippen MR) is 59.2 cm³/mol. The van der Waals surface area contributed by atoms with Crippen molar-refractivity contribution in [1.82, 2.24) is 0 Å². The highest BCUT2D eigenvalue weighted by molar-refractivity contribution is 9.10. The SMILES string of the molecule is Cc1cc2sc(C(F)F)cc2cc1Br. The minimum Gasteiger partial charge on any atom is -0.204 e. The third kappa shape index (κ3) is 1.68. The van der Waals surface area contributed by atoms with Gasteiger partial charge in [-0.3, -0.25) is 0 Å². The van der Waals surface area contributed by atoms with Crippen LogP contribution in [0.25, 0.3) is 10.1 Å². The Hall–Kier alpha value is -0.480. The van der Waals surface area contributed by atoms with Crippen LogP contribution in [0.5, 0.6) is 0 Å². The molecule has 0 radical (unpaired) electrons.